The number of fused-ring (bicyclic) bond motifs is 1. The third kappa shape index (κ3) is 5.71. The van der Waals surface area contributed by atoms with E-state index in [2.05, 4.69) is 5.32 Å². The quantitative estimate of drug-likeness (QED) is 0.205. The Morgan fingerprint density at radius 3 is 2.23 bits per heavy atom. The van der Waals surface area contributed by atoms with Crippen molar-refractivity contribution in [3.63, 3.8) is 0 Å². The molecule has 0 saturated carbocycles. The molecule has 1 atom stereocenters. The average Bonchev–Trinajstić information content (AvgIpc) is 3.31. The smallest absolute Gasteiger partial charge is 0.335 e. The van der Waals surface area contributed by atoms with Crippen LogP contribution in [0.25, 0.3) is 22.0 Å². The largest absolute Gasteiger partial charge is 0.478 e. The van der Waals surface area contributed by atoms with Crippen LogP contribution < -0.4 is 5.32 Å². The predicted molar refractivity (Wildman–Crippen MR) is 152 cm³/mol. The number of nitrogens with zero attached hydrogens (tertiary/aromatic N) is 1. The molecule has 40 heavy (non-hydrogen) atoms. The number of hydrogen-bond acceptors (Lipinski definition) is 2. The van der Waals surface area contributed by atoms with Crippen LogP contribution in [0.5, 0.6) is 0 Å². The highest BCUT2D eigenvalue weighted by Crippen LogP contribution is 2.31. The predicted octanol–water partition coefficient (Wildman–Crippen LogP) is 8.13. The van der Waals surface area contributed by atoms with Gasteiger partial charge < -0.3 is 15.0 Å². The van der Waals surface area contributed by atoms with Gasteiger partial charge in [0.05, 0.1) is 22.7 Å². The van der Waals surface area contributed by atoms with Crippen LogP contribution in [0.2, 0.25) is 10.0 Å². The normalized spacial score (nSPS) is 11.9. The molecule has 5 nitrogen and oxygen atoms in total. The van der Waals surface area contributed by atoms with Crippen molar-refractivity contribution in [1.29, 1.82) is 0 Å². The van der Waals surface area contributed by atoms with Gasteiger partial charge in [-0.2, -0.15) is 0 Å². The number of halogens is 4. The third-order valence-corrected chi connectivity index (χ3v) is 7.08. The summed E-state index contributed by atoms with van der Waals surface area (Å²) in [6.45, 7) is 2.16. The van der Waals surface area contributed by atoms with Gasteiger partial charge in [0.25, 0.3) is 5.91 Å². The molecule has 9 heteroatoms. The summed E-state index contributed by atoms with van der Waals surface area (Å²) < 4.78 is 29.6. The summed E-state index contributed by atoms with van der Waals surface area (Å²) in [5.41, 5.74) is 3.60. The van der Waals surface area contributed by atoms with E-state index in [-0.39, 0.29) is 5.56 Å². The lowest BCUT2D eigenvalue weighted by atomic mass is 9.99. The van der Waals surface area contributed by atoms with Gasteiger partial charge in [0.2, 0.25) is 0 Å². The molecule has 1 amide bonds. The number of carboxylic acid groups (broad SMARTS) is 1. The number of hydrogen-bond donors (Lipinski definition) is 2. The maximum absolute atomic E-state index is 14.1. The monoisotopic (exact) mass is 578 g/mol. The summed E-state index contributed by atoms with van der Waals surface area (Å²) in [6.07, 6.45) is 1.83. The number of benzene rings is 4. The topological polar surface area (TPSA) is 71.3 Å². The van der Waals surface area contributed by atoms with Gasteiger partial charge in [-0.1, -0.05) is 41.4 Å². The first-order valence-electron chi connectivity index (χ1n) is 12.3. The molecule has 0 saturated heterocycles. The van der Waals surface area contributed by atoms with Gasteiger partial charge in [-0.3, -0.25) is 4.79 Å². The summed E-state index contributed by atoms with van der Waals surface area (Å²) in [5, 5.41) is 13.8. The Bertz CT molecular complexity index is 1750. The second kappa shape index (κ2) is 11.1. The van der Waals surface area contributed by atoms with Crippen LogP contribution in [-0.2, 0) is 6.54 Å². The highest BCUT2D eigenvalue weighted by atomic mass is 35.5. The summed E-state index contributed by atoms with van der Waals surface area (Å²) in [4.78, 5) is 24.9. The lowest BCUT2D eigenvalue weighted by Crippen LogP contribution is -2.27. The van der Waals surface area contributed by atoms with E-state index in [9.17, 15) is 23.5 Å². The van der Waals surface area contributed by atoms with Gasteiger partial charge in [-0.05, 0) is 89.8 Å². The lowest BCUT2D eigenvalue weighted by Gasteiger charge is -2.17. The molecular formula is C31H22Cl2F2N2O3. The maximum Gasteiger partial charge on any atom is 0.335 e. The molecule has 0 bridgehead atoms. The van der Waals surface area contributed by atoms with Crippen LogP contribution in [0.15, 0.2) is 85.1 Å². The van der Waals surface area contributed by atoms with E-state index in [1.54, 1.807) is 43.3 Å². The number of aromatic carboxylic acids is 1. The maximum atomic E-state index is 14.1. The first kappa shape index (κ1) is 27.4. The fourth-order valence-electron chi connectivity index (χ4n) is 4.67. The minimum Gasteiger partial charge on any atom is -0.478 e. The van der Waals surface area contributed by atoms with E-state index in [0.29, 0.717) is 38.8 Å². The first-order chi connectivity index (χ1) is 19.1. The molecule has 2 N–H and O–H groups in total. The molecule has 5 rings (SSSR count). The summed E-state index contributed by atoms with van der Waals surface area (Å²) in [7, 11) is 0. The Balaban J connectivity index is 1.57. The molecule has 0 fully saturated rings. The van der Waals surface area contributed by atoms with Crippen molar-refractivity contribution in [2.75, 3.05) is 0 Å². The molecule has 0 aliphatic rings. The summed E-state index contributed by atoms with van der Waals surface area (Å²) >= 11 is 12.4. The zero-order valence-electron chi connectivity index (χ0n) is 21.1. The zero-order chi connectivity index (χ0) is 28.6. The fourth-order valence-corrected chi connectivity index (χ4v) is 5.24. The van der Waals surface area contributed by atoms with Crippen molar-refractivity contribution >= 4 is 46.0 Å². The van der Waals surface area contributed by atoms with Crippen molar-refractivity contribution in [2.24, 2.45) is 0 Å². The van der Waals surface area contributed by atoms with Gasteiger partial charge >= 0.3 is 5.97 Å². The second-order valence-electron chi connectivity index (χ2n) is 9.43. The van der Waals surface area contributed by atoms with E-state index >= 15 is 0 Å². The van der Waals surface area contributed by atoms with E-state index in [0.717, 1.165) is 28.6 Å². The van der Waals surface area contributed by atoms with Gasteiger partial charge in [0, 0.05) is 28.2 Å². The number of carbonyl (C=O) groups excluding carboxylic acids is 1. The number of aromatic nitrogens is 1. The fraction of sp³-hybridized carbons (Fsp3) is 0.0968. The number of carbonyl (C=O) groups is 2. The van der Waals surface area contributed by atoms with Gasteiger partial charge in [-0.25, -0.2) is 13.6 Å². The second-order valence-corrected chi connectivity index (χ2v) is 10.3. The number of carboxylic acids is 1. The Hall–Kier alpha value is -4.20. The number of rotatable bonds is 7. The molecule has 5 aromatic rings. The Kier molecular flexibility index (Phi) is 7.61. The van der Waals surface area contributed by atoms with E-state index < -0.39 is 29.6 Å². The molecule has 0 aliphatic carbocycles. The molecule has 0 spiro atoms. The van der Waals surface area contributed by atoms with Gasteiger partial charge in [0.15, 0.2) is 11.6 Å². The van der Waals surface area contributed by atoms with Crippen LogP contribution in [0.3, 0.4) is 0 Å². The van der Waals surface area contributed by atoms with Crippen molar-refractivity contribution in [3.05, 3.63) is 129 Å². The van der Waals surface area contributed by atoms with Gasteiger partial charge in [-0.15, -0.1) is 0 Å². The molecule has 0 unspecified atom stereocenters. The van der Waals surface area contributed by atoms with E-state index in [1.807, 2.05) is 22.9 Å². The van der Waals surface area contributed by atoms with Crippen molar-refractivity contribution in [3.8, 4) is 11.1 Å². The highest BCUT2D eigenvalue weighted by Gasteiger charge is 2.20. The van der Waals surface area contributed by atoms with Crippen LogP contribution >= 0.6 is 23.2 Å². The van der Waals surface area contributed by atoms with Crippen LogP contribution in [-0.4, -0.2) is 21.6 Å². The van der Waals surface area contributed by atoms with Crippen LogP contribution in [0.4, 0.5) is 8.78 Å². The highest BCUT2D eigenvalue weighted by molar-refractivity contribution is 6.34. The third-order valence-electron chi connectivity index (χ3n) is 6.64. The Morgan fingerprint density at radius 2 is 1.57 bits per heavy atom. The van der Waals surface area contributed by atoms with Crippen molar-refractivity contribution in [2.45, 2.75) is 19.5 Å². The molecule has 1 aromatic heterocycles. The number of nitrogens with one attached hydrogen (secondary N) is 1. The molecule has 4 aromatic carbocycles. The molecular weight excluding hydrogens is 557 g/mol. The average molecular weight is 579 g/mol. The van der Waals surface area contributed by atoms with E-state index in [1.165, 1.54) is 18.2 Å². The molecule has 1 heterocycles. The van der Waals surface area contributed by atoms with Gasteiger partial charge in [0.1, 0.15) is 0 Å². The number of amides is 1. The lowest BCUT2D eigenvalue weighted by molar-refractivity contribution is 0.0696. The van der Waals surface area contributed by atoms with Crippen LogP contribution in [0.1, 0.15) is 44.8 Å². The standard InChI is InChI=1S/C31H22Cl2F2N2O3/c1-17(19-2-4-20(5-3-19)31(39)40)36-30(38)26-13-23(21-6-7-27(34)28(35)14-21)12-22-8-9-37(29(22)26)16-18-10-24(32)15-25(33)11-18/h2-15,17H,16H2,1H3,(H,36,38)(H,39,40)/t17-/m0/s1. The minimum atomic E-state index is -1.04. The minimum absolute atomic E-state index is 0.141. The zero-order valence-corrected chi connectivity index (χ0v) is 22.6. The molecule has 202 valence electrons. The molecule has 0 aliphatic heterocycles. The Labute approximate surface area is 238 Å². The summed E-state index contributed by atoms with van der Waals surface area (Å²) in [5.74, 6) is -3.39. The first-order valence-corrected chi connectivity index (χ1v) is 13.0. The van der Waals surface area contributed by atoms with E-state index in [4.69, 9.17) is 23.2 Å². The van der Waals surface area contributed by atoms with Crippen LogP contribution in [0, 0.1) is 11.6 Å². The summed E-state index contributed by atoms with van der Waals surface area (Å²) in [6, 6.07) is 19.9. The molecule has 0 radical (unpaired) electrons. The Morgan fingerprint density at radius 1 is 0.875 bits per heavy atom. The SMILES string of the molecule is C[C@H](NC(=O)c1cc(-c2ccc(F)c(F)c2)cc2ccn(Cc3cc(Cl)cc(Cl)c3)c12)c1ccc(C(=O)O)cc1. The van der Waals surface area contributed by atoms with Crippen molar-refractivity contribution in [1.82, 2.24) is 9.88 Å². The van der Waals surface area contributed by atoms with Crippen molar-refractivity contribution < 1.29 is 23.5 Å².